The molecule has 4 nitrogen and oxygen atoms in total. The van der Waals surface area contributed by atoms with Crippen LogP contribution in [0, 0.1) is 0 Å². The molecule has 1 aliphatic rings. The highest BCUT2D eigenvalue weighted by molar-refractivity contribution is 7.10. The molecule has 1 fully saturated rings. The summed E-state index contributed by atoms with van der Waals surface area (Å²) in [6.45, 7) is 2.76. The number of hydrogen-bond donors (Lipinski definition) is 1. The summed E-state index contributed by atoms with van der Waals surface area (Å²) < 4.78 is 5.53. The van der Waals surface area contributed by atoms with Crippen molar-refractivity contribution < 1.29 is 9.53 Å². The molecule has 0 saturated carbocycles. The SMILES string of the molecule is Cl.O=C(COc1ccccc1Cl)NCC(c1cccs1)N1CCCCCC1. The van der Waals surface area contributed by atoms with Gasteiger partial charge in [-0.2, -0.15) is 0 Å². The summed E-state index contributed by atoms with van der Waals surface area (Å²) in [4.78, 5) is 16.1. The minimum absolute atomic E-state index is 0. The number of para-hydroxylation sites is 1. The third-order valence-electron chi connectivity index (χ3n) is 4.64. The van der Waals surface area contributed by atoms with Crippen LogP contribution < -0.4 is 10.1 Å². The second-order valence-corrected chi connectivity index (χ2v) is 7.89. The molecule has 1 aromatic carbocycles. The minimum atomic E-state index is -0.124. The normalized spacial score (nSPS) is 16.0. The third kappa shape index (κ3) is 6.68. The van der Waals surface area contributed by atoms with Crippen molar-refractivity contribution in [2.75, 3.05) is 26.2 Å². The number of carbonyl (C=O) groups is 1. The van der Waals surface area contributed by atoms with Crippen molar-refractivity contribution in [2.45, 2.75) is 31.7 Å². The van der Waals surface area contributed by atoms with Crippen LogP contribution in [0.5, 0.6) is 5.75 Å². The third-order valence-corrected chi connectivity index (χ3v) is 5.93. The Kier molecular flexibility index (Phi) is 9.42. The van der Waals surface area contributed by atoms with Crippen LogP contribution >= 0.6 is 35.3 Å². The number of nitrogens with zero attached hydrogens (tertiary/aromatic N) is 1. The number of nitrogens with one attached hydrogen (secondary N) is 1. The molecule has 0 spiro atoms. The van der Waals surface area contributed by atoms with Crippen molar-refractivity contribution in [2.24, 2.45) is 0 Å². The van der Waals surface area contributed by atoms with Crippen LogP contribution in [0.15, 0.2) is 41.8 Å². The van der Waals surface area contributed by atoms with Crippen molar-refractivity contribution in [3.8, 4) is 5.75 Å². The van der Waals surface area contributed by atoms with Gasteiger partial charge in [-0.1, -0.05) is 42.6 Å². The first kappa shape index (κ1) is 22.0. The Morgan fingerprint density at radius 1 is 1.15 bits per heavy atom. The zero-order chi connectivity index (χ0) is 18.2. The van der Waals surface area contributed by atoms with Gasteiger partial charge in [0.2, 0.25) is 0 Å². The number of amides is 1. The average Bonchev–Trinajstić information content (AvgIpc) is 3.04. The molecule has 27 heavy (non-hydrogen) atoms. The molecule has 0 radical (unpaired) electrons. The van der Waals surface area contributed by atoms with Gasteiger partial charge in [-0.3, -0.25) is 9.69 Å². The summed E-state index contributed by atoms with van der Waals surface area (Å²) in [6, 6.07) is 11.7. The fourth-order valence-corrected chi connectivity index (χ4v) is 4.32. The van der Waals surface area contributed by atoms with Gasteiger partial charge in [-0.15, -0.1) is 23.7 Å². The highest BCUT2D eigenvalue weighted by Gasteiger charge is 2.23. The molecule has 0 aliphatic carbocycles. The van der Waals surface area contributed by atoms with E-state index in [1.807, 2.05) is 12.1 Å². The molecule has 3 rings (SSSR count). The average molecular weight is 429 g/mol. The lowest BCUT2D eigenvalue weighted by Crippen LogP contribution is -2.39. The highest BCUT2D eigenvalue weighted by atomic mass is 35.5. The maximum Gasteiger partial charge on any atom is 0.258 e. The van der Waals surface area contributed by atoms with Gasteiger partial charge in [-0.05, 0) is 49.5 Å². The van der Waals surface area contributed by atoms with Crippen molar-refractivity contribution in [3.63, 3.8) is 0 Å². The summed E-state index contributed by atoms with van der Waals surface area (Å²) in [5.41, 5.74) is 0. The zero-order valence-corrected chi connectivity index (χ0v) is 17.6. The van der Waals surface area contributed by atoms with E-state index in [-0.39, 0.29) is 31.0 Å². The van der Waals surface area contributed by atoms with E-state index in [9.17, 15) is 4.79 Å². The van der Waals surface area contributed by atoms with E-state index in [0.717, 1.165) is 13.1 Å². The predicted octanol–water partition coefficient (Wildman–Crippen LogP) is 4.94. The number of carbonyl (C=O) groups excluding carboxylic acids is 1. The summed E-state index contributed by atoms with van der Waals surface area (Å²) in [5, 5.41) is 5.65. The fraction of sp³-hybridized carbons (Fsp3) is 0.450. The number of ether oxygens (including phenoxy) is 1. The smallest absolute Gasteiger partial charge is 0.258 e. The number of benzene rings is 1. The van der Waals surface area contributed by atoms with Crippen LogP contribution in [0.25, 0.3) is 0 Å². The summed E-state index contributed by atoms with van der Waals surface area (Å²) in [5.74, 6) is 0.410. The van der Waals surface area contributed by atoms with Crippen LogP contribution in [-0.2, 0) is 4.79 Å². The van der Waals surface area contributed by atoms with E-state index in [4.69, 9.17) is 16.3 Å². The first-order chi connectivity index (χ1) is 12.7. The Bertz CT molecular complexity index is 689. The maximum atomic E-state index is 12.3. The van der Waals surface area contributed by atoms with Gasteiger partial charge in [0, 0.05) is 11.4 Å². The molecule has 2 heterocycles. The molecule has 0 bridgehead atoms. The standard InChI is InChI=1S/C20H25ClN2O2S.ClH/c21-16-8-3-4-9-18(16)25-15-20(24)22-14-17(19-10-7-13-26-19)23-11-5-1-2-6-12-23;/h3-4,7-10,13,17H,1-2,5-6,11-12,14-15H2,(H,22,24);1H. The van der Waals surface area contributed by atoms with Gasteiger partial charge in [0.05, 0.1) is 11.1 Å². The fourth-order valence-electron chi connectivity index (χ4n) is 3.26. The van der Waals surface area contributed by atoms with Crippen molar-refractivity contribution in [1.29, 1.82) is 0 Å². The van der Waals surface area contributed by atoms with Crippen LogP contribution in [0.1, 0.15) is 36.6 Å². The molecular weight excluding hydrogens is 403 g/mol. The van der Waals surface area contributed by atoms with E-state index < -0.39 is 0 Å². The molecule has 1 atom stereocenters. The molecule has 1 N–H and O–H groups in total. The van der Waals surface area contributed by atoms with Gasteiger partial charge in [0.1, 0.15) is 5.75 Å². The van der Waals surface area contributed by atoms with Gasteiger partial charge >= 0.3 is 0 Å². The van der Waals surface area contributed by atoms with Crippen molar-refractivity contribution in [1.82, 2.24) is 10.2 Å². The monoisotopic (exact) mass is 428 g/mol. The molecule has 148 valence electrons. The van der Waals surface area contributed by atoms with Gasteiger partial charge in [-0.25, -0.2) is 0 Å². The lowest BCUT2D eigenvalue weighted by Gasteiger charge is -2.30. The van der Waals surface area contributed by atoms with E-state index in [2.05, 4.69) is 27.7 Å². The van der Waals surface area contributed by atoms with Crippen molar-refractivity contribution in [3.05, 3.63) is 51.7 Å². The number of likely N-dealkylation sites (tertiary alicyclic amines) is 1. The Balaban J connectivity index is 0.00000261. The van der Waals surface area contributed by atoms with Gasteiger partial charge in [0.25, 0.3) is 5.91 Å². The molecule has 1 aromatic heterocycles. The van der Waals surface area contributed by atoms with E-state index in [0.29, 0.717) is 17.3 Å². The van der Waals surface area contributed by atoms with Crippen molar-refractivity contribution >= 4 is 41.3 Å². The Hall–Kier alpha value is -1.27. The predicted molar refractivity (Wildman–Crippen MR) is 114 cm³/mol. The molecule has 1 aliphatic heterocycles. The summed E-state index contributed by atoms with van der Waals surface area (Å²) in [7, 11) is 0. The Morgan fingerprint density at radius 3 is 2.56 bits per heavy atom. The van der Waals surface area contributed by atoms with E-state index >= 15 is 0 Å². The number of thiophene rings is 1. The number of rotatable bonds is 7. The van der Waals surface area contributed by atoms with E-state index in [1.54, 1.807) is 23.5 Å². The summed E-state index contributed by atoms with van der Waals surface area (Å²) >= 11 is 7.81. The van der Waals surface area contributed by atoms with Gasteiger partial charge < -0.3 is 10.1 Å². The van der Waals surface area contributed by atoms with Crippen LogP contribution in [0.2, 0.25) is 5.02 Å². The van der Waals surface area contributed by atoms with Crippen LogP contribution in [0.3, 0.4) is 0 Å². The molecule has 1 unspecified atom stereocenters. The Labute approximate surface area is 176 Å². The second kappa shape index (κ2) is 11.5. The first-order valence-corrected chi connectivity index (χ1v) is 10.4. The summed E-state index contributed by atoms with van der Waals surface area (Å²) in [6.07, 6.45) is 5.05. The molecule has 1 saturated heterocycles. The molecule has 7 heteroatoms. The lowest BCUT2D eigenvalue weighted by atomic mass is 10.2. The topological polar surface area (TPSA) is 41.6 Å². The molecule has 2 aromatic rings. The van der Waals surface area contributed by atoms with Crippen LogP contribution in [0.4, 0.5) is 0 Å². The molecule has 1 amide bonds. The zero-order valence-electron chi connectivity index (χ0n) is 15.2. The quantitative estimate of drug-likeness (QED) is 0.678. The minimum Gasteiger partial charge on any atom is -0.482 e. The lowest BCUT2D eigenvalue weighted by molar-refractivity contribution is -0.123. The molecular formula is C20H26Cl2N2O2S. The second-order valence-electron chi connectivity index (χ2n) is 6.50. The van der Waals surface area contributed by atoms with E-state index in [1.165, 1.54) is 30.6 Å². The van der Waals surface area contributed by atoms with Gasteiger partial charge in [0.15, 0.2) is 6.61 Å². The largest absolute Gasteiger partial charge is 0.482 e. The number of hydrogen-bond acceptors (Lipinski definition) is 4. The highest BCUT2D eigenvalue weighted by Crippen LogP contribution is 2.27. The maximum absolute atomic E-state index is 12.3. The Morgan fingerprint density at radius 2 is 1.89 bits per heavy atom. The van der Waals surface area contributed by atoms with Crippen LogP contribution in [-0.4, -0.2) is 37.0 Å². The first-order valence-electron chi connectivity index (χ1n) is 9.15. The number of halogens is 2.